The van der Waals surface area contributed by atoms with Gasteiger partial charge in [-0.3, -0.25) is 4.79 Å². The van der Waals surface area contributed by atoms with E-state index in [9.17, 15) is 9.18 Å². The van der Waals surface area contributed by atoms with Crippen molar-refractivity contribution in [1.82, 2.24) is 0 Å². The summed E-state index contributed by atoms with van der Waals surface area (Å²) in [5.74, 6) is -0.388. The first kappa shape index (κ1) is 13.3. The summed E-state index contributed by atoms with van der Waals surface area (Å²) in [6.45, 7) is 1.98. The summed E-state index contributed by atoms with van der Waals surface area (Å²) in [6, 6.07) is 4.02. The van der Waals surface area contributed by atoms with Crippen molar-refractivity contribution in [2.45, 2.75) is 32.2 Å². The van der Waals surface area contributed by atoms with E-state index < -0.39 is 6.04 Å². The van der Waals surface area contributed by atoms with Crippen LogP contribution in [0, 0.1) is 5.82 Å². The van der Waals surface area contributed by atoms with Crippen LogP contribution < -0.4 is 5.73 Å². The first-order valence-electron chi connectivity index (χ1n) is 5.26. The van der Waals surface area contributed by atoms with Gasteiger partial charge in [0.05, 0.1) is 6.04 Å². The molecule has 4 heteroatoms. The second kappa shape index (κ2) is 6.11. The van der Waals surface area contributed by atoms with Crippen LogP contribution in [0.25, 0.3) is 0 Å². The summed E-state index contributed by atoms with van der Waals surface area (Å²) in [4.78, 5) is 11.7. The molecule has 0 fully saturated rings. The molecule has 1 rings (SSSR count). The van der Waals surface area contributed by atoms with Crippen LogP contribution in [0.2, 0.25) is 0 Å². The third kappa shape index (κ3) is 4.02. The van der Waals surface area contributed by atoms with Crippen LogP contribution >= 0.6 is 15.9 Å². The minimum absolute atomic E-state index is 0.0423. The zero-order valence-electron chi connectivity index (χ0n) is 9.17. The quantitative estimate of drug-likeness (QED) is 0.905. The summed E-state index contributed by atoms with van der Waals surface area (Å²) < 4.78 is 13.7. The normalized spacial score (nSPS) is 12.5. The Morgan fingerprint density at radius 2 is 2.19 bits per heavy atom. The number of hydrogen-bond acceptors (Lipinski definition) is 2. The van der Waals surface area contributed by atoms with Gasteiger partial charge in [0, 0.05) is 10.9 Å². The summed E-state index contributed by atoms with van der Waals surface area (Å²) >= 11 is 3.19. The number of Topliss-reactive ketones (excluding diaryl/α,β-unsaturated/α-hetero) is 1. The smallest absolute Gasteiger partial charge is 0.153 e. The van der Waals surface area contributed by atoms with Crippen molar-refractivity contribution in [3.8, 4) is 0 Å². The van der Waals surface area contributed by atoms with Gasteiger partial charge in [-0.25, -0.2) is 4.39 Å². The molecule has 0 bridgehead atoms. The number of carbonyl (C=O) groups is 1. The second-order valence-corrected chi connectivity index (χ2v) is 4.73. The van der Waals surface area contributed by atoms with E-state index in [1.807, 2.05) is 6.92 Å². The molecule has 0 amide bonds. The maximum Gasteiger partial charge on any atom is 0.153 e. The highest BCUT2D eigenvalue weighted by Gasteiger charge is 2.13. The molecule has 1 aromatic carbocycles. The second-order valence-electron chi connectivity index (χ2n) is 3.82. The lowest BCUT2D eigenvalue weighted by Crippen LogP contribution is -2.31. The van der Waals surface area contributed by atoms with E-state index in [0.717, 1.165) is 6.42 Å². The average Bonchev–Trinajstić information content (AvgIpc) is 2.16. The zero-order chi connectivity index (χ0) is 12.1. The highest BCUT2D eigenvalue weighted by atomic mass is 79.9. The van der Waals surface area contributed by atoms with E-state index in [-0.39, 0.29) is 18.0 Å². The lowest BCUT2D eigenvalue weighted by Gasteiger charge is -2.09. The summed E-state index contributed by atoms with van der Waals surface area (Å²) in [7, 11) is 0. The summed E-state index contributed by atoms with van der Waals surface area (Å²) in [6.07, 6.45) is 1.74. The number of rotatable bonds is 5. The van der Waals surface area contributed by atoms with Gasteiger partial charge in [0.1, 0.15) is 5.82 Å². The van der Waals surface area contributed by atoms with Crippen molar-refractivity contribution >= 4 is 21.7 Å². The van der Waals surface area contributed by atoms with Gasteiger partial charge >= 0.3 is 0 Å². The molecule has 0 heterocycles. The van der Waals surface area contributed by atoms with Crippen molar-refractivity contribution in [3.63, 3.8) is 0 Å². The van der Waals surface area contributed by atoms with E-state index in [0.29, 0.717) is 16.5 Å². The van der Waals surface area contributed by atoms with Crippen molar-refractivity contribution < 1.29 is 9.18 Å². The molecular weight excluding hydrogens is 273 g/mol. The van der Waals surface area contributed by atoms with E-state index in [2.05, 4.69) is 15.9 Å². The van der Waals surface area contributed by atoms with Gasteiger partial charge in [0.15, 0.2) is 5.78 Å². The Morgan fingerprint density at radius 3 is 2.75 bits per heavy atom. The molecule has 1 atom stereocenters. The largest absolute Gasteiger partial charge is 0.321 e. The van der Waals surface area contributed by atoms with Crippen LogP contribution in [-0.4, -0.2) is 11.8 Å². The fraction of sp³-hybridized carbons (Fsp3) is 0.417. The van der Waals surface area contributed by atoms with Crippen molar-refractivity contribution in [2.75, 3.05) is 0 Å². The van der Waals surface area contributed by atoms with Gasteiger partial charge in [0.25, 0.3) is 0 Å². The molecule has 0 aliphatic rings. The fourth-order valence-corrected chi connectivity index (χ4v) is 2.03. The molecule has 0 aromatic heterocycles. The van der Waals surface area contributed by atoms with E-state index >= 15 is 0 Å². The van der Waals surface area contributed by atoms with Gasteiger partial charge in [-0.2, -0.15) is 0 Å². The van der Waals surface area contributed by atoms with Crippen molar-refractivity contribution in [2.24, 2.45) is 5.73 Å². The van der Waals surface area contributed by atoms with Crippen LogP contribution in [-0.2, 0) is 11.2 Å². The molecule has 0 aliphatic carbocycles. The minimum Gasteiger partial charge on any atom is -0.321 e. The predicted molar refractivity (Wildman–Crippen MR) is 65.7 cm³/mol. The Morgan fingerprint density at radius 1 is 1.50 bits per heavy atom. The molecule has 1 aromatic rings. The fourth-order valence-electron chi connectivity index (χ4n) is 1.52. The Hall–Kier alpha value is -0.740. The van der Waals surface area contributed by atoms with Crippen molar-refractivity contribution in [1.29, 1.82) is 0 Å². The standard InChI is InChI=1S/C12H15BrFNO/c1-2-3-11(15)12(16)6-8-4-9(13)7-10(14)5-8/h4-5,7,11H,2-3,6,15H2,1H3. The first-order valence-corrected chi connectivity index (χ1v) is 6.05. The van der Waals surface area contributed by atoms with E-state index in [4.69, 9.17) is 5.73 Å². The average molecular weight is 288 g/mol. The van der Waals surface area contributed by atoms with Gasteiger partial charge in [0.2, 0.25) is 0 Å². The summed E-state index contributed by atoms with van der Waals surface area (Å²) in [5, 5.41) is 0. The van der Waals surface area contributed by atoms with E-state index in [1.165, 1.54) is 12.1 Å². The van der Waals surface area contributed by atoms with Crippen LogP contribution in [0.3, 0.4) is 0 Å². The molecular formula is C12H15BrFNO. The molecule has 0 saturated carbocycles. The van der Waals surface area contributed by atoms with Gasteiger partial charge in [-0.15, -0.1) is 0 Å². The van der Waals surface area contributed by atoms with Crippen LogP contribution in [0.15, 0.2) is 22.7 Å². The molecule has 0 radical (unpaired) electrons. The molecule has 0 spiro atoms. The molecule has 88 valence electrons. The maximum atomic E-state index is 13.1. The third-order valence-electron chi connectivity index (χ3n) is 2.31. The number of halogens is 2. The number of nitrogens with two attached hydrogens (primary N) is 1. The molecule has 2 nitrogen and oxygen atoms in total. The Balaban J connectivity index is 2.69. The molecule has 16 heavy (non-hydrogen) atoms. The summed E-state index contributed by atoms with van der Waals surface area (Å²) in [5.41, 5.74) is 6.35. The topological polar surface area (TPSA) is 43.1 Å². The predicted octanol–water partition coefficient (Wildman–Crippen LogP) is 2.83. The lowest BCUT2D eigenvalue weighted by molar-refractivity contribution is -0.119. The van der Waals surface area contributed by atoms with Crippen molar-refractivity contribution in [3.05, 3.63) is 34.1 Å². The molecule has 0 saturated heterocycles. The molecule has 0 aliphatic heterocycles. The van der Waals surface area contributed by atoms with Crippen LogP contribution in [0.4, 0.5) is 4.39 Å². The Labute approximate surface area is 103 Å². The third-order valence-corrected chi connectivity index (χ3v) is 2.77. The molecule has 2 N–H and O–H groups in total. The SMILES string of the molecule is CCCC(N)C(=O)Cc1cc(F)cc(Br)c1. The molecule has 1 unspecified atom stereocenters. The van der Waals surface area contributed by atoms with Crippen LogP contribution in [0.1, 0.15) is 25.3 Å². The number of carbonyl (C=O) groups excluding carboxylic acids is 1. The number of ketones is 1. The van der Waals surface area contributed by atoms with Gasteiger partial charge in [-0.05, 0) is 30.2 Å². The first-order chi connectivity index (χ1) is 7.52. The Bertz CT molecular complexity index is 361. The number of hydrogen-bond donors (Lipinski definition) is 1. The highest BCUT2D eigenvalue weighted by Crippen LogP contribution is 2.16. The maximum absolute atomic E-state index is 13.1. The van der Waals surface area contributed by atoms with Gasteiger partial charge in [-0.1, -0.05) is 29.3 Å². The minimum atomic E-state index is -0.438. The number of benzene rings is 1. The van der Waals surface area contributed by atoms with Crippen LogP contribution in [0.5, 0.6) is 0 Å². The zero-order valence-corrected chi connectivity index (χ0v) is 10.8. The highest BCUT2D eigenvalue weighted by molar-refractivity contribution is 9.10. The monoisotopic (exact) mass is 287 g/mol. The Kier molecular flexibility index (Phi) is 5.09. The van der Waals surface area contributed by atoms with E-state index in [1.54, 1.807) is 6.07 Å². The van der Waals surface area contributed by atoms with Gasteiger partial charge < -0.3 is 5.73 Å². The lowest BCUT2D eigenvalue weighted by atomic mass is 10.0.